The van der Waals surface area contributed by atoms with Gasteiger partial charge >= 0.3 is 6.18 Å². The highest BCUT2D eigenvalue weighted by Gasteiger charge is 2.29. The SMILES string of the molecule is Nc1nc(SCc2ccc(C(=O)Nc3ccc(C(F)(F)F)cc3)cc2)n[nH]1. The van der Waals surface area contributed by atoms with Crippen molar-refractivity contribution in [2.24, 2.45) is 0 Å². The van der Waals surface area contributed by atoms with Crippen LogP contribution in [0.3, 0.4) is 0 Å². The number of rotatable bonds is 5. The zero-order valence-electron chi connectivity index (χ0n) is 13.7. The summed E-state index contributed by atoms with van der Waals surface area (Å²) >= 11 is 1.39. The maximum atomic E-state index is 12.6. The van der Waals surface area contributed by atoms with Crippen LogP contribution >= 0.6 is 11.8 Å². The van der Waals surface area contributed by atoms with Crippen LogP contribution in [0.2, 0.25) is 0 Å². The lowest BCUT2D eigenvalue weighted by Crippen LogP contribution is -2.12. The van der Waals surface area contributed by atoms with Crippen molar-refractivity contribution in [2.75, 3.05) is 11.1 Å². The first-order valence-corrected chi connectivity index (χ1v) is 8.68. The highest BCUT2D eigenvalue weighted by atomic mass is 32.2. The summed E-state index contributed by atoms with van der Waals surface area (Å²) in [4.78, 5) is 16.2. The average molecular weight is 393 g/mol. The normalized spacial score (nSPS) is 11.4. The smallest absolute Gasteiger partial charge is 0.368 e. The van der Waals surface area contributed by atoms with Gasteiger partial charge in [-0.15, -0.1) is 5.10 Å². The summed E-state index contributed by atoms with van der Waals surface area (Å²) in [7, 11) is 0. The van der Waals surface area contributed by atoms with Gasteiger partial charge in [0, 0.05) is 17.0 Å². The third kappa shape index (κ3) is 5.00. The summed E-state index contributed by atoms with van der Waals surface area (Å²) in [5, 5.41) is 9.55. The molecule has 3 aromatic rings. The number of hydrogen-bond donors (Lipinski definition) is 3. The monoisotopic (exact) mass is 393 g/mol. The second-order valence-corrected chi connectivity index (χ2v) is 6.46. The van der Waals surface area contributed by atoms with Gasteiger partial charge in [-0.3, -0.25) is 4.79 Å². The topological polar surface area (TPSA) is 96.7 Å². The van der Waals surface area contributed by atoms with E-state index in [0.29, 0.717) is 16.5 Å². The van der Waals surface area contributed by atoms with Crippen LogP contribution in [0, 0.1) is 0 Å². The number of H-pyrrole nitrogens is 1. The van der Waals surface area contributed by atoms with Crippen molar-refractivity contribution in [1.29, 1.82) is 0 Å². The molecule has 1 heterocycles. The number of carbonyl (C=O) groups excluding carboxylic acids is 1. The molecule has 0 atom stereocenters. The number of aromatic amines is 1. The Morgan fingerprint density at radius 3 is 2.33 bits per heavy atom. The summed E-state index contributed by atoms with van der Waals surface area (Å²) < 4.78 is 37.7. The molecule has 0 saturated heterocycles. The molecule has 0 spiro atoms. The van der Waals surface area contributed by atoms with Gasteiger partial charge in [-0.2, -0.15) is 18.2 Å². The molecule has 1 amide bonds. The van der Waals surface area contributed by atoms with Crippen LogP contribution in [0.1, 0.15) is 21.5 Å². The Bertz CT molecular complexity index is 923. The second kappa shape index (κ2) is 7.70. The molecule has 2 aromatic carbocycles. The Morgan fingerprint density at radius 2 is 1.78 bits per heavy atom. The largest absolute Gasteiger partial charge is 0.416 e. The van der Waals surface area contributed by atoms with Gasteiger partial charge in [0.25, 0.3) is 5.91 Å². The van der Waals surface area contributed by atoms with E-state index in [1.54, 1.807) is 24.3 Å². The highest BCUT2D eigenvalue weighted by Crippen LogP contribution is 2.30. The van der Waals surface area contributed by atoms with Crippen molar-refractivity contribution in [2.45, 2.75) is 17.1 Å². The third-order valence-electron chi connectivity index (χ3n) is 3.54. The number of alkyl halides is 3. The van der Waals surface area contributed by atoms with Crippen molar-refractivity contribution in [3.8, 4) is 0 Å². The van der Waals surface area contributed by atoms with Gasteiger partial charge < -0.3 is 11.1 Å². The van der Waals surface area contributed by atoms with E-state index in [4.69, 9.17) is 5.73 Å². The molecule has 4 N–H and O–H groups in total. The summed E-state index contributed by atoms with van der Waals surface area (Å²) in [5.74, 6) is 0.432. The minimum atomic E-state index is -4.41. The van der Waals surface area contributed by atoms with Gasteiger partial charge in [0.05, 0.1) is 5.56 Å². The minimum Gasteiger partial charge on any atom is -0.368 e. The van der Waals surface area contributed by atoms with E-state index in [2.05, 4.69) is 20.5 Å². The van der Waals surface area contributed by atoms with Crippen molar-refractivity contribution in [3.05, 3.63) is 65.2 Å². The van der Waals surface area contributed by atoms with Crippen LogP contribution in [0.15, 0.2) is 53.7 Å². The number of halogens is 3. The fourth-order valence-corrected chi connectivity index (χ4v) is 2.93. The van der Waals surface area contributed by atoms with Crippen LogP contribution < -0.4 is 11.1 Å². The van der Waals surface area contributed by atoms with E-state index < -0.39 is 17.6 Å². The Morgan fingerprint density at radius 1 is 1.11 bits per heavy atom. The minimum absolute atomic E-state index is 0.243. The zero-order valence-corrected chi connectivity index (χ0v) is 14.6. The lowest BCUT2D eigenvalue weighted by molar-refractivity contribution is -0.137. The predicted octanol–water partition coefficient (Wildman–Crippen LogP) is 3.95. The fraction of sp³-hybridized carbons (Fsp3) is 0.118. The van der Waals surface area contributed by atoms with Crippen molar-refractivity contribution in [1.82, 2.24) is 15.2 Å². The van der Waals surface area contributed by atoms with E-state index in [1.165, 1.54) is 23.9 Å². The van der Waals surface area contributed by atoms with Crippen molar-refractivity contribution in [3.63, 3.8) is 0 Å². The number of nitrogens with zero attached hydrogens (tertiary/aromatic N) is 2. The number of aromatic nitrogens is 3. The molecule has 0 aliphatic rings. The number of carbonyl (C=O) groups is 1. The quantitative estimate of drug-likeness (QED) is 0.571. The molecule has 6 nitrogen and oxygen atoms in total. The number of anilines is 2. The molecule has 0 saturated carbocycles. The molecule has 10 heteroatoms. The van der Waals surface area contributed by atoms with Crippen LogP contribution in [0.25, 0.3) is 0 Å². The van der Waals surface area contributed by atoms with Gasteiger partial charge in [0.15, 0.2) is 0 Å². The average Bonchev–Trinajstić information content (AvgIpc) is 3.05. The summed E-state index contributed by atoms with van der Waals surface area (Å²) in [5.41, 5.74) is 6.32. The first kappa shape index (κ1) is 18.8. The molecule has 0 fully saturated rings. The first-order chi connectivity index (χ1) is 12.8. The van der Waals surface area contributed by atoms with Crippen LogP contribution in [0.4, 0.5) is 24.8 Å². The Balaban J connectivity index is 1.58. The Hall–Kier alpha value is -3.01. The van der Waals surface area contributed by atoms with E-state index in [9.17, 15) is 18.0 Å². The molecule has 0 unspecified atom stereocenters. The van der Waals surface area contributed by atoms with Crippen LogP contribution in [-0.4, -0.2) is 21.1 Å². The maximum absolute atomic E-state index is 12.6. The number of amides is 1. The van der Waals surface area contributed by atoms with E-state index in [1.807, 2.05) is 0 Å². The fourth-order valence-electron chi connectivity index (χ4n) is 2.17. The molecule has 0 aliphatic heterocycles. The lowest BCUT2D eigenvalue weighted by Gasteiger charge is -2.09. The Labute approximate surface area is 156 Å². The molecule has 0 radical (unpaired) electrons. The van der Waals surface area contributed by atoms with Crippen molar-refractivity contribution >= 4 is 29.3 Å². The van der Waals surface area contributed by atoms with E-state index in [0.717, 1.165) is 17.7 Å². The first-order valence-electron chi connectivity index (χ1n) is 7.69. The molecule has 0 aliphatic carbocycles. The van der Waals surface area contributed by atoms with E-state index >= 15 is 0 Å². The van der Waals surface area contributed by atoms with Crippen molar-refractivity contribution < 1.29 is 18.0 Å². The van der Waals surface area contributed by atoms with Gasteiger partial charge in [-0.1, -0.05) is 23.9 Å². The molecule has 140 valence electrons. The number of nitrogens with two attached hydrogens (primary N) is 1. The molecule has 0 bridgehead atoms. The molecular weight excluding hydrogens is 379 g/mol. The summed E-state index contributed by atoms with van der Waals surface area (Å²) in [6.07, 6.45) is -4.41. The Kier molecular flexibility index (Phi) is 5.36. The number of nitrogen functional groups attached to an aromatic ring is 1. The molecule has 1 aromatic heterocycles. The molecule has 27 heavy (non-hydrogen) atoms. The zero-order chi connectivity index (χ0) is 19.4. The standard InChI is InChI=1S/C17H14F3N5OS/c18-17(19,20)12-5-7-13(8-6-12)22-14(26)11-3-1-10(2-4-11)9-27-16-23-15(21)24-25-16/h1-8H,9H2,(H,22,26)(H3,21,23,24,25). The van der Waals surface area contributed by atoms with Gasteiger partial charge in [-0.25, -0.2) is 5.10 Å². The molecule has 3 rings (SSSR count). The predicted molar refractivity (Wildman–Crippen MR) is 96.2 cm³/mol. The number of hydrogen-bond acceptors (Lipinski definition) is 5. The highest BCUT2D eigenvalue weighted by molar-refractivity contribution is 7.98. The molecular formula is C17H14F3N5OS. The number of thioether (sulfide) groups is 1. The van der Waals surface area contributed by atoms with Crippen LogP contribution in [-0.2, 0) is 11.9 Å². The third-order valence-corrected chi connectivity index (χ3v) is 4.45. The number of nitrogens with one attached hydrogen (secondary N) is 2. The summed E-state index contributed by atoms with van der Waals surface area (Å²) in [6.45, 7) is 0. The number of benzene rings is 2. The lowest BCUT2D eigenvalue weighted by atomic mass is 10.1. The van der Waals surface area contributed by atoms with Gasteiger partial charge in [-0.05, 0) is 42.0 Å². The second-order valence-electron chi connectivity index (χ2n) is 5.52. The van der Waals surface area contributed by atoms with Gasteiger partial charge in [0.1, 0.15) is 0 Å². The maximum Gasteiger partial charge on any atom is 0.416 e. The van der Waals surface area contributed by atoms with E-state index in [-0.39, 0.29) is 11.6 Å². The summed E-state index contributed by atoms with van der Waals surface area (Å²) in [6, 6.07) is 11.1. The van der Waals surface area contributed by atoms with Gasteiger partial charge in [0.2, 0.25) is 11.1 Å². The van der Waals surface area contributed by atoms with Crippen LogP contribution in [0.5, 0.6) is 0 Å².